The number of carbonyl (C=O) groups excluding carboxylic acids is 2. The lowest BCUT2D eigenvalue weighted by Crippen LogP contribution is -2.32. The molecule has 0 saturated heterocycles. The molecule has 1 N–H and O–H groups in total. The summed E-state index contributed by atoms with van der Waals surface area (Å²) in [6.45, 7) is 5.69. The second kappa shape index (κ2) is 7.79. The molecule has 0 aliphatic heterocycles. The number of rotatable bonds is 4. The second-order valence-electron chi connectivity index (χ2n) is 6.46. The van der Waals surface area contributed by atoms with Crippen LogP contribution in [0.4, 0.5) is 4.79 Å². The molecule has 1 amide bonds. The van der Waals surface area contributed by atoms with Gasteiger partial charge in [-0.3, -0.25) is 4.98 Å². The molecule has 0 radical (unpaired) electrons. The minimum atomic E-state index is -0.541. The standard InChI is InChI=1S/C19H22N2O4/c1-19(2,3)25-18(23)21-12-16-11-15(9-10-20-16)13-5-7-14(8-6-13)17(22)24-4/h5-11H,12H2,1-4H3,(H,21,23). The first-order valence-corrected chi connectivity index (χ1v) is 7.89. The third kappa shape index (κ3) is 5.60. The molecular weight excluding hydrogens is 320 g/mol. The number of hydrogen-bond donors (Lipinski definition) is 1. The van der Waals surface area contributed by atoms with E-state index in [9.17, 15) is 9.59 Å². The van der Waals surface area contributed by atoms with Gasteiger partial charge in [0.15, 0.2) is 0 Å². The van der Waals surface area contributed by atoms with Gasteiger partial charge in [0, 0.05) is 6.20 Å². The van der Waals surface area contributed by atoms with Crippen LogP contribution in [-0.4, -0.2) is 29.8 Å². The van der Waals surface area contributed by atoms with Crippen LogP contribution in [0.5, 0.6) is 0 Å². The number of methoxy groups -OCH3 is 1. The van der Waals surface area contributed by atoms with Crippen molar-refractivity contribution in [1.82, 2.24) is 10.3 Å². The van der Waals surface area contributed by atoms with Crippen LogP contribution in [0.15, 0.2) is 42.6 Å². The fourth-order valence-electron chi connectivity index (χ4n) is 2.15. The molecule has 0 unspecified atom stereocenters. The zero-order chi connectivity index (χ0) is 18.4. The molecule has 132 valence electrons. The smallest absolute Gasteiger partial charge is 0.407 e. The maximum Gasteiger partial charge on any atom is 0.407 e. The predicted molar refractivity (Wildman–Crippen MR) is 94.1 cm³/mol. The van der Waals surface area contributed by atoms with Crippen LogP contribution < -0.4 is 5.32 Å². The Morgan fingerprint density at radius 1 is 1.08 bits per heavy atom. The van der Waals surface area contributed by atoms with Crippen LogP contribution in [-0.2, 0) is 16.0 Å². The Labute approximate surface area is 147 Å². The fourth-order valence-corrected chi connectivity index (χ4v) is 2.15. The van der Waals surface area contributed by atoms with Crippen molar-refractivity contribution < 1.29 is 19.1 Å². The summed E-state index contributed by atoms with van der Waals surface area (Å²) in [6.07, 6.45) is 1.19. The normalized spacial score (nSPS) is 10.9. The van der Waals surface area contributed by atoms with E-state index in [1.54, 1.807) is 18.3 Å². The first kappa shape index (κ1) is 18.4. The molecule has 0 fully saturated rings. The van der Waals surface area contributed by atoms with E-state index < -0.39 is 11.7 Å². The summed E-state index contributed by atoms with van der Waals surface area (Å²) in [4.78, 5) is 27.4. The summed E-state index contributed by atoms with van der Waals surface area (Å²) in [5, 5.41) is 2.68. The predicted octanol–water partition coefficient (Wildman–Crippen LogP) is 3.56. The summed E-state index contributed by atoms with van der Waals surface area (Å²) in [6, 6.07) is 10.8. The zero-order valence-corrected chi connectivity index (χ0v) is 14.8. The molecule has 6 heteroatoms. The summed E-state index contributed by atoms with van der Waals surface area (Å²) >= 11 is 0. The molecule has 0 atom stereocenters. The highest BCUT2D eigenvalue weighted by molar-refractivity contribution is 5.89. The van der Waals surface area contributed by atoms with E-state index in [0.29, 0.717) is 11.3 Å². The Morgan fingerprint density at radius 2 is 1.76 bits per heavy atom. The number of alkyl carbamates (subject to hydrolysis) is 1. The SMILES string of the molecule is COC(=O)c1ccc(-c2ccnc(CNC(=O)OC(C)(C)C)c2)cc1. The molecule has 1 aromatic heterocycles. The number of aromatic nitrogens is 1. The van der Waals surface area contributed by atoms with Gasteiger partial charge in [0.1, 0.15) is 5.60 Å². The summed E-state index contributed by atoms with van der Waals surface area (Å²) in [5.41, 5.74) is 2.54. The van der Waals surface area contributed by atoms with Gasteiger partial charge in [0.2, 0.25) is 0 Å². The lowest BCUT2D eigenvalue weighted by Gasteiger charge is -2.19. The van der Waals surface area contributed by atoms with Crippen molar-refractivity contribution in [2.24, 2.45) is 0 Å². The number of esters is 1. The third-order valence-electron chi connectivity index (χ3n) is 3.27. The Kier molecular flexibility index (Phi) is 5.75. The largest absolute Gasteiger partial charge is 0.465 e. The number of pyridine rings is 1. The monoisotopic (exact) mass is 342 g/mol. The van der Waals surface area contributed by atoms with Crippen molar-refractivity contribution in [3.05, 3.63) is 53.9 Å². The topological polar surface area (TPSA) is 77.5 Å². The first-order valence-electron chi connectivity index (χ1n) is 7.89. The van der Waals surface area contributed by atoms with E-state index >= 15 is 0 Å². The maximum atomic E-state index is 11.7. The number of carbonyl (C=O) groups is 2. The van der Waals surface area contributed by atoms with Crippen LogP contribution >= 0.6 is 0 Å². The van der Waals surface area contributed by atoms with E-state index in [1.165, 1.54) is 7.11 Å². The third-order valence-corrected chi connectivity index (χ3v) is 3.27. The van der Waals surface area contributed by atoms with Crippen LogP contribution in [0.1, 0.15) is 36.8 Å². The van der Waals surface area contributed by atoms with E-state index in [0.717, 1.165) is 11.1 Å². The van der Waals surface area contributed by atoms with Gasteiger partial charge in [0.05, 0.1) is 24.9 Å². The van der Waals surface area contributed by atoms with E-state index in [4.69, 9.17) is 4.74 Å². The molecule has 2 rings (SSSR count). The summed E-state index contributed by atoms with van der Waals surface area (Å²) < 4.78 is 9.89. The molecule has 0 spiro atoms. The van der Waals surface area contributed by atoms with Gasteiger partial charge in [0.25, 0.3) is 0 Å². The second-order valence-corrected chi connectivity index (χ2v) is 6.46. The molecule has 1 heterocycles. The average Bonchev–Trinajstić information content (AvgIpc) is 2.58. The molecular formula is C19H22N2O4. The number of hydrogen-bond acceptors (Lipinski definition) is 5. The van der Waals surface area contributed by atoms with Crippen molar-refractivity contribution in [3.8, 4) is 11.1 Å². The number of ether oxygens (including phenoxy) is 2. The Morgan fingerprint density at radius 3 is 2.36 bits per heavy atom. The van der Waals surface area contributed by atoms with Crippen LogP contribution in [0.2, 0.25) is 0 Å². The van der Waals surface area contributed by atoms with Gasteiger partial charge in [-0.05, 0) is 56.2 Å². The Hall–Kier alpha value is -2.89. The van der Waals surface area contributed by atoms with Gasteiger partial charge >= 0.3 is 12.1 Å². The molecule has 1 aromatic carbocycles. The minimum Gasteiger partial charge on any atom is -0.465 e. The molecule has 6 nitrogen and oxygen atoms in total. The molecule has 2 aromatic rings. The summed E-state index contributed by atoms with van der Waals surface area (Å²) in [5.74, 6) is -0.372. The average molecular weight is 342 g/mol. The van der Waals surface area contributed by atoms with Crippen molar-refractivity contribution in [1.29, 1.82) is 0 Å². The van der Waals surface area contributed by atoms with Crippen LogP contribution in [0, 0.1) is 0 Å². The Balaban J connectivity index is 2.06. The lowest BCUT2D eigenvalue weighted by molar-refractivity contribution is 0.0521. The summed E-state index contributed by atoms with van der Waals surface area (Å²) in [7, 11) is 1.35. The van der Waals surface area contributed by atoms with Crippen LogP contribution in [0.3, 0.4) is 0 Å². The maximum absolute atomic E-state index is 11.7. The quantitative estimate of drug-likeness (QED) is 0.860. The number of amides is 1. The Bertz CT molecular complexity index is 749. The highest BCUT2D eigenvalue weighted by Crippen LogP contribution is 2.20. The number of benzene rings is 1. The van der Waals surface area contributed by atoms with Crippen molar-refractivity contribution in [3.63, 3.8) is 0 Å². The van der Waals surface area contributed by atoms with Gasteiger partial charge in [-0.25, -0.2) is 9.59 Å². The van der Waals surface area contributed by atoms with Crippen molar-refractivity contribution in [2.75, 3.05) is 7.11 Å². The molecule has 25 heavy (non-hydrogen) atoms. The highest BCUT2D eigenvalue weighted by atomic mass is 16.6. The van der Waals surface area contributed by atoms with E-state index in [1.807, 2.05) is 45.0 Å². The molecule has 0 bridgehead atoms. The number of nitrogens with zero attached hydrogens (tertiary/aromatic N) is 1. The lowest BCUT2D eigenvalue weighted by atomic mass is 10.0. The van der Waals surface area contributed by atoms with Crippen LogP contribution in [0.25, 0.3) is 11.1 Å². The molecule has 0 aliphatic carbocycles. The van der Waals surface area contributed by atoms with Crippen molar-refractivity contribution >= 4 is 12.1 Å². The van der Waals surface area contributed by atoms with E-state index in [2.05, 4.69) is 15.0 Å². The first-order chi connectivity index (χ1) is 11.8. The zero-order valence-electron chi connectivity index (χ0n) is 14.8. The van der Waals surface area contributed by atoms with Gasteiger partial charge in [-0.1, -0.05) is 12.1 Å². The number of nitrogens with one attached hydrogen (secondary N) is 1. The fraction of sp³-hybridized carbons (Fsp3) is 0.316. The van der Waals surface area contributed by atoms with E-state index in [-0.39, 0.29) is 12.5 Å². The van der Waals surface area contributed by atoms with Gasteiger partial charge < -0.3 is 14.8 Å². The van der Waals surface area contributed by atoms with Gasteiger partial charge in [-0.2, -0.15) is 0 Å². The van der Waals surface area contributed by atoms with Crippen molar-refractivity contribution in [2.45, 2.75) is 32.9 Å². The van der Waals surface area contributed by atoms with Gasteiger partial charge in [-0.15, -0.1) is 0 Å². The minimum absolute atomic E-state index is 0.267. The molecule has 0 saturated carbocycles. The molecule has 0 aliphatic rings. The highest BCUT2D eigenvalue weighted by Gasteiger charge is 2.15.